The third-order valence-electron chi connectivity index (χ3n) is 14.2. The molecule has 1 heterocycles. The highest BCUT2D eigenvalue weighted by atomic mass is 15.1. The van der Waals surface area contributed by atoms with Gasteiger partial charge in [0.15, 0.2) is 0 Å². The Morgan fingerprint density at radius 3 is 1.14 bits per heavy atom. The van der Waals surface area contributed by atoms with Gasteiger partial charge in [0.05, 0.1) is 16.7 Å². The van der Waals surface area contributed by atoms with Gasteiger partial charge in [0.25, 0.3) is 0 Å². The summed E-state index contributed by atoms with van der Waals surface area (Å²) in [5.41, 5.74) is 21.1. The number of hydrogen-bond acceptors (Lipinski definition) is 1. The van der Waals surface area contributed by atoms with E-state index < -0.39 is 0 Å². The van der Waals surface area contributed by atoms with E-state index in [0.717, 1.165) is 22.6 Å². The van der Waals surface area contributed by atoms with Crippen molar-refractivity contribution in [1.29, 1.82) is 0 Å². The standard InChI is InChI=1S/C70H48N2/c1-2-14-49(15-3-1)57-18-12-19-58(46-57)53-36-42-63(43-37-53)71(64-44-38-54(39-45-64)59-20-13-21-60(47-59)61-33-30-50-16-4-5-17-56(50)48-61)62-40-34-52(35-41-62)51-28-31-55(32-29-51)65-22-6-9-25-68(65)72-69-26-10-7-23-66(69)67-24-8-11-27-70(67)72/h1-48H. The molecular weight excluding hydrogens is 869 g/mol. The van der Waals surface area contributed by atoms with E-state index in [1.54, 1.807) is 0 Å². The van der Waals surface area contributed by atoms with Crippen molar-refractivity contribution in [2.45, 2.75) is 0 Å². The van der Waals surface area contributed by atoms with E-state index in [0.29, 0.717) is 0 Å². The van der Waals surface area contributed by atoms with Crippen LogP contribution in [0.3, 0.4) is 0 Å². The van der Waals surface area contributed by atoms with Crippen LogP contribution in [0.25, 0.3) is 105 Å². The summed E-state index contributed by atoms with van der Waals surface area (Å²) in [6.07, 6.45) is 0. The summed E-state index contributed by atoms with van der Waals surface area (Å²) in [5.74, 6) is 0. The van der Waals surface area contributed by atoms with Crippen LogP contribution in [0, 0.1) is 0 Å². The van der Waals surface area contributed by atoms with Gasteiger partial charge in [0.2, 0.25) is 0 Å². The molecule has 0 unspecified atom stereocenters. The lowest BCUT2D eigenvalue weighted by atomic mass is 9.97. The van der Waals surface area contributed by atoms with Crippen molar-refractivity contribution in [1.82, 2.24) is 4.57 Å². The molecule has 1 aromatic heterocycles. The maximum atomic E-state index is 2.41. The number of fused-ring (bicyclic) bond motifs is 4. The quantitative estimate of drug-likeness (QED) is 0.133. The molecule has 0 saturated heterocycles. The first kappa shape index (κ1) is 42.6. The van der Waals surface area contributed by atoms with E-state index >= 15 is 0 Å². The average molecular weight is 917 g/mol. The van der Waals surface area contributed by atoms with Crippen LogP contribution >= 0.6 is 0 Å². The molecule has 72 heavy (non-hydrogen) atoms. The van der Waals surface area contributed by atoms with Crippen LogP contribution < -0.4 is 4.90 Å². The van der Waals surface area contributed by atoms with Crippen LogP contribution in [-0.2, 0) is 0 Å². The van der Waals surface area contributed by atoms with E-state index in [9.17, 15) is 0 Å². The van der Waals surface area contributed by atoms with E-state index in [1.165, 1.54) is 99.5 Å². The fourth-order valence-corrected chi connectivity index (χ4v) is 10.5. The molecule has 2 nitrogen and oxygen atoms in total. The molecule has 0 atom stereocenters. The lowest BCUT2D eigenvalue weighted by Gasteiger charge is -2.26. The van der Waals surface area contributed by atoms with Crippen LogP contribution in [-0.4, -0.2) is 4.57 Å². The minimum atomic E-state index is 1.08. The van der Waals surface area contributed by atoms with Gasteiger partial charge in [-0.2, -0.15) is 0 Å². The van der Waals surface area contributed by atoms with E-state index in [4.69, 9.17) is 0 Å². The van der Waals surface area contributed by atoms with Gasteiger partial charge in [-0.05, 0) is 145 Å². The minimum absolute atomic E-state index is 1.08. The summed E-state index contributed by atoms with van der Waals surface area (Å²) < 4.78 is 2.41. The number of hydrogen-bond donors (Lipinski definition) is 0. The van der Waals surface area contributed by atoms with Crippen molar-refractivity contribution in [3.8, 4) is 72.4 Å². The van der Waals surface area contributed by atoms with E-state index in [1.807, 2.05) is 0 Å². The number of rotatable bonds is 10. The summed E-state index contributed by atoms with van der Waals surface area (Å²) in [6.45, 7) is 0. The highest BCUT2D eigenvalue weighted by molar-refractivity contribution is 6.09. The van der Waals surface area contributed by atoms with Crippen molar-refractivity contribution in [2.24, 2.45) is 0 Å². The average Bonchev–Trinajstić information content (AvgIpc) is 3.80. The van der Waals surface area contributed by atoms with Gasteiger partial charge < -0.3 is 9.47 Å². The van der Waals surface area contributed by atoms with Gasteiger partial charge in [0.1, 0.15) is 0 Å². The second-order valence-corrected chi connectivity index (χ2v) is 18.5. The smallest absolute Gasteiger partial charge is 0.0541 e. The molecule has 12 aromatic carbocycles. The monoisotopic (exact) mass is 916 g/mol. The Bertz CT molecular complexity index is 4000. The fourth-order valence-electron chi connectivity index (χ4n) is 10.5. The zero-order valence-corrected chi connectivity index (χ0v) is 39.6. The molecule has 0 spiro atoms. The first-order valence-electron chi connectivity index (χ1n) is 24.7. The Labute approximate surface area is 420 Å². The molecule has 0 aliphatic rings. The SMILES string of the molecule is c1ccc(-c2cccc(-c3ccc(N(c4ccc(-c5ccc(-c6ccccc6-n6c7ccccc7c7ccccc76)cc5)cc4)c4ccc(-c5cccc(-c6ccc7ccccc7c6)c5)cc4)cc3)c2)cc1. The molecule has 338 valence electrons. The Hall–Kier alpha value is -9.50. The molecule has 0 bridgehead atoms. The molecule has 0 fully saturated rings. The van der Waals surface area contributed by atoms with Gasteiger partial charge in [-0.1, -0.05) is 218 Å². The Kier molecular flexibility index (Phi) is 10.9. The number of para-hydroxylation sites is 3. The summed E-state index contributed by atoms with van der Waals surface area (Å²) in [6, 6.07) is 106. The summed E-state index contributed by atoms with van der Waals surface area (Å²) in [5, 5.41) is 5.02. The Morgan fingerprint density at radius 2 is 0.583 bits per heavy atom. The van der Waals surface area contributed by atoms with Crippen LogP contribution in [0.2, 0.25) is 0 Å². The summed E-state index contributed by atoms with van der Waals surface area (Å²) >= 11 is 0. The van der Waals surface area contributed by atoms with Crippen LogP contribution in [0.5, 0.6) is 0 Å². The van der Waals surface area contributed by atoms with Crippen molar-refractivity contribution < 1.29 is 0 Å². The number of benzene rings is 12. The normalized spacial score (nSPS) is 11.3. The zero-order valence-electron chi connectivity index (χ0n) is 39.6. The van der Waals surface area contributed by atoms with Gasteiger partial charge in [0, 0.05) is 33.4 Å². The van der Waals surface area contributed by atoms with Crippen molar-refractivity contribution in [2.75, 3.05) is 4.90 Å². The van der Waals surface area contributed by atoms with E-state index in [2.05, 4.69) is 301 Å². The fraction of sp³-hybridized carbons (Fsp3) is 0. The maximum absolute atomic E-state index is 2.41. The van der Waals surface area contributed by atoms with Gasteiger partial charge in [-0.15, -0.1) is 0 Å². The van der Waals surface area contributed by atoms with Crippen LogP contribution in [0.15, 0.2) is 291 Å². The van der Waals surface area contributed by atoms with Crippen LogP contribution in [0.1, 0.15) is 0 Å². The molecule has 0 N–H and O–H groups in total. The largest absolute Gasteiger partial charge is 0.311 e. The second kappa shape index (κ2) is 18.4. The van der Waals surface area contributed by atoms with Gasteiger partial charge in [-0.25, -0.2) is 0 Å². The van der Waals surface area contributed by atoms with Gasteiger partial charge >= 0.3 is 0 Å². The van der Waals surface area contributed by atoms with Crippen LogP contribution in [0.4, 0.5) is 17.1 Å². The number of aromatic nitrogens is 1. The van der Waals surface area contributed by atoms with E-state index in [-0.39, 0.29) is 0 Å². The number of nitrogens with zero attached hydrogens (tertiary/aromatic N) is 2. The van der Waals surface area contributed by atoms with Crippen molar-refractivity contribution >= 4 is 49.6 Å². The van der Waals surface area contributed by atoms with Gasteiger partial charge in [-0.3, -0.25) is 0 Å². The highest BCUT2D eigenvalue weighted by Crippen LogP contribution is 2.40. The molecule has 2 heteroatoms. The number of anilines is 3. The summed E-state index contributed by atoms with van der Waals surface area (Å²) in [7, 11) is 0. The molecule has 0 aliphatic carbocycles. The molecule has 13 rings (SSSR count). The third kappa shape index (κ3) is 8.01. The molecule has 0 amide bonds. The zero-order chi connectivity index (χ0) is 47.8. The minimum Gasteiger partial charge on any atom is -0.311 e. The predicted octanol–water partition coefficient (Wildman–Crippen LogP) is 19.4. The van der Waals surface area contributed by atoms with Crippen molar-refractivity contribution in [3.05, 3.63) is 291 Å². The molecule has 0 saturated carbocycles. The summed E-state index contributed by atoms with van der Waals surface area (Å²) in [4.78, 5) is 2.36. The lowest BCUT2D eigenvalue weighted by molar-refractivity contribution is 1.18. The predicted molar refractivity (Wildman–Crippen MR) is 306 cm³/mol. The van der Waals surface area contributed by atoms with Crippen molar-refractivity contribution in [3.63, 3.8) is 0 Å². The first-order chi connectivity index (χ1) is 35.7. The molecule has 0 aliphatic heterocycles. The molecule has 0 radical (unpaired) electrons. The molecular formula is C70H48N2. The highest BCUT2D eigenvalue weighted by Gasteiger charge is 2.17. The first-order valence-corrected chi connectivity index (χ1v) is 24.7. The lowest BCUT2D eigenvalue weighted by Crippen LogP contribution is -2.09. The second-order valence-electron chi connectivity index (χ2n) is 18.5. The Balaban J connectivity index is 0.825. The maximum Gasteiger partial charge on any atom is 0.0541 e. The molecule has 13 aromatic rings. The topological polar surface area (TPSA) is 8.17 Å². The Morgan fingerprint density at radius 1 is 0.222 bits per heavy atom. The third-order valence-corrected chi connectivity index (χ3v) is 14.2.